The molecule has 4 heteroatoms. The van der Waals surface area contributed by atoms with E-state index in [0.717, 1.165) is 12.0 Å². The summed E-state index contributed by atoms with van der Waals surface area (Å²) in [5, 5.41) is 12.8. The molecular weight excluding hydrogens is 265 g/mol. The maximum atomic E-state index is 13.2. The lowest BCUT2D eigenvalue weighted by atomic mass is 10.1. The molecule has 2 aromatic rings. The van der Waals surface area contributed by atoms with Crippen molar-refractivity contribution in [3.63, 3.8) is 0 Å². The summed E-state index contributed by atoms with van der Waals surface area (Å²) in [5.41, 5.74) is 1.76. The third kappa shape index (κ3) is 4.14. The maximum absolute atomic E-state index is 13.2. The number of phenols is 1. The molecule has 0 aromatic heterocycles. The molecule has 0 radical (unpaired) electrons. The third-order valence-electron chi connectivity index (χ3n) is 2.75. The van der Waals surface area contributed by atoms with E-state index in [1.165, 1.54) is 12.1 Å². The highest BCUT2D eigenvalue weighted by Gasteiger charge is 2.06. The third-order valence-corrected chi connectivity index (χ3v) is 2.97. The van der Waals surface area contributed by atoms with E-state index in [1.807, 2.05) is 19.1 Å². The van der Waals surface area contributed by atoms with Crippen LogP contribution in [0.25, 0.3) is 0 Å². The van der Waals surface area contributed by atoms with Crippen molar-refractivity contribution < 1.29 is 9.50 Å². The van der Waals surface area contributed by atoms with Gasteiger partial charge in [-0.05, 0) is 49.2 Å². The number of nitrogens with one attached hydrogen (secondary N) is 1. The minimum absolute atomic E-state index is 0.127. The summed E-state index contributed by atoms with van der Waals surface area (Å²) in [7, 11) is 0. The molecule has 1 unspecified atom stereocenters. The minimum Gasteiger partial charge on any atom is -0.508 e. The van der Waals surface area contributed by atoms with Crippen LogP contribution >= 0.6 is 11.6 Å². The van der Waals surface area contributed by atoms with E-state index < -0.39 is 0 Å². The maximum Gasteiger partial charge on any atom is 0.126 e. The molecule has 0 saturated heterocycles. The van der Waals surface area contributed by atoms with Gasteiger partial charge >= 0.3 is 0 Å². The molecule has 2 aromatic carbocycles. The Morgan fingerprint density at radius 3 is 2.53 bits per heavy atom. The molecule has 2 nitrogen and oxygen atoms in total. The van der Waals surface area contributed by atoms with Gasteiger partial charge in [0.25, 0.3) is 0 Å². The van der Waals surface area contributed by atoms with Crippen LogP contribution in [0.15, 0.2) is 42.5 Å². The highest BCUT2D eigenvalue weighted by atomic mass is 35.5. The van der Waals surface area contributed by atoms with Crippen molar-refractivity contribution in [2.45, 2.75) is 19.4 Å². The Morgan fingerprint density at radius 2 is 1.89 bits per heavy atom. The van der Waals surface area contributed by atoms with E-state index in [-0.39, 0.29) is 17.6 Å². The summed E-state index contributed by atoms with van der Waals surface area (Å²) in [6, 6.07) is 11.6. The Kier molecular flexibility index (Phi) is 4.27. The zero-order valence-corrected chi connectivity index (χ0v) is 11.3. The first kappa shape index (κ1) is 13.7. The van der Waals surface area contributed by atoms with Gasteiger partial charge in [0.05, 0.1) is 0 Å². The van der Waals surface area contributed by atoms with Crippen LogP contribution in [0.3, 0.4) is 0 Å². The van der Waals surface area contributed by atoms with Gasteiger partial charge < -0.3 is 10.4 Å². The van der Waals surface area contributed by atoms with Crippen LogP contribution in [-0.4, -0.2) is 11.1 Å². The number of halogens is 2. The normalized spacial score (nSPS) is 12.2. The molecule has 2 rings (SSSR count). The largest absolute Gasteiger partial charge is 0.508 e. The van der Waals surface area contributed by atoms with Gasteiger partial charge in [0.15, 0.2) is 0 Å². The minimum atomic E-state index is -0.355. The number of rotatable bonds is 4. The fraction of sp³-hybridized carbons (Fsp3) is 0.200. The standard InChI is InChI=1S/C15H15ClFNO/c1-10(6-11-2-4-15(19)5-3-11)18-14-8-12(16)7-13(17)9-14/h2-5,7-10,18-19H,6H2,1H3. The smallest absolute Gasteiger partial charge is 0.126 e. The summed E-state index contributed by atoms with van der Waals surface area (Å²) >= 11 is 5.80. The second-order valence-corrected chi connectivity index (χ2v) is 5.01. The van der Waals surface area contributed by atoms with Crippen LogP contribution < -0.4 is 5.32 Å². The molecule has 2 N–H and O–H groups in total. The van der Waals surface area contributed by atoms with Gasteiger partial charge in [-0.2, -0.15) is 0 Å². The SMILES string of the molecule is CC(Cc1ccc(O)cc1)Nc1cc(F)cc(Cl)c1. The van der Waals surface area contributed by atoms with Crippen molar-refractivity contribution in [2.75, 3.05) is 5.32 Å². The number of anilines is 1. The number of hydrogen-bond acceptors (Lipinski definition) is 2. The number of benzene rings is 2. The fourth-order valence-electron chi connectivity index (χ4n) is 1.96. The molecule has 0 heterocycles. The van der Waals surface area contributed by atoms with Crippen molar-refractivity contribution in [1.82, 2.24) is 0 Å². The first-order chi connectivity index (χ1) is 9.02. The molecular formula is C15H15ClFNO. The molecule has 0 amide bonds. The van der Waals surface area contributed by atoms with Crippen molar-refractivity contribution >= 4 is 17.3 Å². The number of aromatic hydroxyl groups is 1. The predicted molar refractivity (Wildman–Crippen MR) is 76.3 cm³/mol. The van der Waals surface area contributed by atoms with E-state index in [1.54, 1.807) is 18.2 Å². The molecule has 0 aliphatic heterocycles. The monoisotopic (exact) mass is 279 g/mol. The Morgan fingerprint density at radius 1 is 1.21 bits per heavy atom. The lowest BCUT2D eigenvalue weighted by Crippen LogP contribution is -2.18. The van der Waals surface area contributed by atoms with E-state index in [4.69, 9.17) is 11.6 Å². The van der Waals surface area contributed by atoms with E-state index in [0.29, 0.717) is 10.7 Å². The lowest BCUT2D eigenvalue weighted by Gasteiger charge is -2.15. The Bertz CT molecular complexity index is 536. The fourth-order valence-corrected chi connectivity index (χ4v) is 2.18. The highest BCUT2D eigenvalue weighted by Crippen LogP contribution is 2.19. The summed E-state index contributed by atoms with van der Waals surface area (Å²) in [6.45, 7) is 2.01. The molecule has 0 bridgehead atoms. The predicted octanol–water partition coefficient (Wildman–Crippen LogP) is 4.23. The first-order valence-electron chi connectivity index (χ1n) is 6.03. The van der Waals surface area contributed by atoms with Crippen LogP contribution in [0.5, 0.6) is 5.75 Å². The average molecular weight is 280 g/mol. The van der Waals surface area contributed by atoms with Gasteiger partial charge in [0, 0.05) is 16.8 Å². The van der Waals surface area contributed by atoms with E-state index >= 15 is 0 Å². The molecule has 1 atom stereocenters. The molecule has 0 spiro atoms. The Hall–Kier alpha value is -1.74. The van der Waals surface area contributed by atoms with Crippen LogP contribution in [0.4, 0.5) is 10.1 Å². The van der Waals surface area contributed by atoms with Gasteiger partial charge in [-0.3, -0.25) is 0 Å². The second-order valence-electron chi connectivity index (χ2n) is 4.57. The quantitative estimate of drug-likeness (QED) is 0.878. The highest BCUT2D eigenvalue weighted by molar-refractivity contribution is 6.30. The average Bonchev–Trinajstić information content (AvgIpc) is 2.30. The first-order valence-corrected chi connectivity index (χ1v) is 6.41. The zero-order valence-electron chi connectivity index (χ0n) is 10.5. The topological polar surface area (TPSA) is 32.3 Å². The van der Waals surface area contributed by atoms with Crippen molar-refractivity contribution in [3.05, 3.63) is 58.9 Å². The number of phenolic OH excluding ortho intramolecular Hbond substituents is 1. The molecule has 0 aliphatic rings. The lowest BCUT2D eigenvalue weighted by molar-refractivity contribution is 0.475. The van der Waals surface area contributed by atoms with E-state index in [2.05, 4.69) is 5.32 Å². The molecule has 0 saturated carbocycles. The van der Waals surface area contributed by atoms with Gasteiger partial charge in [-0.25, -0.2) is 4.39 Å². The van der Waals surface area contributed by atoms with Crippen molar-refractivity contribution in [2.24, 2.45) is 0 Å². The van der Waals surface area contributed by atoms with Crippen molar-refractivity contribution in [1.29, 1.82) is 0 Å². The molecule has 0 fully saturated rings. The van der Waals surface area contributed by atoms with Crippen LogP contribution in [0, 0.1) is 5.82 Å². The molecule has 100 valence electrons. The van der Waals surface area contributed by atoms with Crippen LogP contribution in [-0.2, 0) is 6.42 Å². The van der Waals surface area contributed by atoms with Gasteiger partial charge in [-0.1, -0.05) is 23.7 Å². The summed E-state index contributed by atoms with van der Waals surface area (Å²) < 4.78 is 13.2. The zero-order chi connectivity index (χ0) is 13.8. The van der Waals surface area contributed by atoms with Gasteiger partial charge in [-0.15, -0.1) is 0 Å². The summed E-state index contributed by atoms with van der Waals surface area (Å²) in [6.07, 6.45) is 0.772. The van der Waals surface area contributed by atoms with Crippen molar-refractivity contribution in [3.8, 4) is 5.75 Å². The second kappa shape index (κ2) is 5.93. The number of hydrogen-bond donors (Lipinski definition) is 2. The Labute approximate surface area is 116 Å². The molecule has 19 heavy (non-hydrogen) atoms. The summed E-state index contributed by atoms with van der Waals surface area (Å²) in [4.78, 5) is 0. The van der Waals surface area contributed by atoms with Crippen LogP contribution in [0.2, 0.25) is 5.02 Å². The van der Waals surface area contributed by atoms with Crippen LogP contribution in [0.1, 0.15) is 12.5 Å². The van der Waals surface area contributed by atoms with Gasteiger partial charge in [0.2, 0.25) is 0 Å². The van der Waals surface area contributed by atoms with Gasteiger partial charge in [0.1, 0.15) is 11.6 Å². The molecule has 0 aliphatic carbocycles. The van der Waals surface area contributed by atoms with E-state index in [9.17, 15) is 9.50 Å². The summed E-state index contributed by atoms with van der Waals surface area (Å²) in [5.74, 6) is -0.104. The Balaban J connectivity index is 2.00.